The average Bonchev–Trinajstić information content (AvgIpc) is 3.65. The van der Waals surface area contributed by atoms with Gasteiger partial charge in [0.05, 0.1) is 10.9 Å². The van der Waals surface area contributed by atoms with Crippen LogP contribution in [0.5, 0.6) is 11.5 Å². The molecular formula is C33H33N5O5S. The molecule has 3 amide bonds. The maximum absolute atomic E-state index is 13.7. The van der Waals surface area contributed by atoms with Crippen molar-refractivity contribution < 1.29 is 23.9 Å². The zero-order chi connectivity index (χ0) is 30.6. The predicted octanol–water partition coefficient (Wildman–Crippen LogP) is 4.61. The maximum Gasteiger partial charge on any atom is 0.259 e. The molecule has 2 unspecified atom stereocenters. The van der Waals surface area contributed by atoms with Gasteiger partial charge in [-0.1, -0.05) is 66.7 Å². The molecule has 0 aromatic heterocycles. The first kappa shape index (κ1) is 29.4. The van der Waals surface area contributed by atoms with Gasteiger partial charge >= 0.3 is 0 Å². The number of para-hydroxylation sites is 1. The highest BCUT2D eigenvalue weighted by molar-refractivity contribution is 8.15. The Morgan fingerprint density at radius 3 is 2.57 bits per heavy atom. The lowest BCUT2D eigenvalue weighted by molar-refractivity contribution is -0.125. The van der Waals surface area contributed by atoms with Crippen molar-refractivity contribution in [3.8, 4) is 11.5 Å². The number of aliphatic imine (C=N–C) groups is 2. The first-order valence-electron chi connectivity index (χ1n) is 14.6. The monoisotopic (exact) mass is 611 g/mol. The Bertz CT molecular complexity index is 1650. The third-order valence-electron chi connectivity index (χ3n) is 7.62. The van der Waals surface area contributed by atoms with E-state index in [1.807, 2.05) is 80.6 Å². The van der Waals surface area contributed by atoms with Gasteiger partial charge < -0.3 is 20.1 Å². The van der Waals surface area contributed by atoms with Gasteiger partial charge in [0.15, 0.2) is 16.7 Å². The first-order valence-corrected chi connectivity index (χ1v) is 15.5. The van der Waals surface area contributed by atoms with Gasteiger partial charge in [0.1, 0.15) is 11.9 Å². The minimum atomic E-state index is -0.728. The summed E-state index contributed by atoms with van der Waals surface area (Å²) in [7, 11) is 0. The number of amidine groups is 2. The molecular weight excluding hydrogens is 578 g/mol. The van der Waals surface area contributed by atoms with Crippen LogP contribution in [-0.4, -0.2) is 51.7 Å². The van der Waals surface area contributed by atoms with Gasteiger partial charge in [-0.05, 0) is 55.2 Å². The van der Waals surface area contributed by atoms with Crippen molar-refractivity contribution in [1.82, 2.24) is 15.5 Å². The van der Waals surface area contributed by atoms with Gasteiger partial charge in [-0.2, -0.15) is 0 Å². The summed E-state index contributed by atoms with van der Waals surface area (Å²) < 4.78 is 10.7. The van der Waals surface area contributed by atoms with E-state index >= 15 is 0 Å². The quantitative estimate of drug-likeness (QED) is 0.346. The Morgan fingerprint density at radius 2 is 1.75 bits per heavy atom. The number of ether oxygens (including phenoxy) is 2. The second-order valence-electron chi connectivity index (χ2n) is 10.8. The number of hydrogen-bond acceptors (Lipinski definition) is 8. The van der Waals surface area contributed by atoms with Crippen LogP contribution in [0.4, 0.5) is 5.69 Å². The second kappa shape index (κ2) is 12.9. The molecule has 2 atom stereocenters. The van der Waals surface area contributed by atoms with Crippen molar-refractivity contribution in [2.24, 2.45) is 9.98 Å². The predicted molar refractivity (Wildman–Crippen MR) is 169 cm³/mol. The fourth-order valence-electron chi connectivity index (χ4n) is 5.14. The summed E-state index contributed by atoms with van der Waals surface area (Å²) in [5.74, 6) is 1.29. The van der Waals surface area contributed by atoms with Crippen LogP contribution in [-0.2, 0) is 27.5 Å². The maximum atomic E-state index is 13.7. The van der Waals surface area contributed by atoms with Crippen molar-refractivity contribution in [2.75, 3.05) is 6.79 Å². The Balaban J connectivity index is 1.10. The lowest BCUT2D eigenvalue weighted by Gasteiger charge is -2.27. The van der Waals surface area contributed by atoms with Gasteiger partial charge in [0.2, 0.25) is 18.6 Å². The molecule has 226 valence electrons. The summed E-state index contributed by atoms with van der Waals surface area (Å²) in [5, 5.41) is 5.89. The van der Waals surface area contributed by atoms with Crippen LogP contribution in [0.3, 0.4) is 0 Å². The van der Waals surface area contributed by atoms with E-state index in [2.05, 4.69) is 10.6 Å². The third kappa shape index (κ3) is 6.33. The smallest absolute Gasteiger partial charge is 0.259 e. The van der Waals surface area contributed by atoms with Gasteiger partial charge in [0, 0.05) is 25.1 Å². The molecule has 0 saturated carbocycles. The molecule has 3 aromatic rings. The molecule has 3 aliphatic rings. The summed E-state index contributed by atoms with van der Waals surface area (Å²) in [6.07, 6.45) is 0.929. The second-order valence-corrected chi connectivity index (χ2v) is 11.9. The molecule has 3 aromatic carbocycles. The Labute approximate surface area is 259 Å². The third-order valence-corrected chi connectivity index (χ3v) is 8.93. The number of rotatable bonds is 10. The van der Waals surface area contributed by atoms with Crippen molar-refractivity contribution in [3.63, 3.8) is 0 Å². The van der Waals surface area contributed by atoms with E-state index in [9.17, 15) is 14.4 Å². The van der Waals surface area contributed by atoms with Crippen molar-refractivity contribution >= 4 is 46.2 Å². The van der Waals surface area contributed by atoms with E-state index in [1.165, 1.54) is 16.7 Å². The van der Waals surface area contributed by atoms with Gasteiger partial charge in [-0.25, -0.2) is 9.89 Å². The summed E-state index contributed by atoms with van der Waals surface area (Å²) >= 11 is 1.26. The Hall–Kier alpha value is -4.64. The zero-order valence-electron chi connectivity index (χ0n) is 24.5. The standard InChI is InChI=1S/C33H33N5O5S/c1-3-28(31(40)35-17-21-10-8-20(2)9-11-21)44-33-37-24-7-5-4-6-23(24)30-36-25(32(41)38(30)33)13-15-29(39)34-18-22-12-14-26-27(16-22)43-19-42-26/h4-12,14,16,25,28H,3,13,15,17-19H2,1-2H3,(H,34,39)(H,35,40). The number of fused-ring (bicyclic) bond motifs is 4. The van der Waals surface area contributed by atoms with E-state index in [4.69, 9.17) is 19.5 Å². The topological polar surface area (TPSA) is 122 Å². The van der Waals surface area contributed by atoms with Crippen LogP contribution < -0.4 is 20.1 Å². The van der Waals surface area contributed by atoms with Gasteiger partial charge in [0.25, 0.3) is 5.91 Å². The molecule has 3 heterocycles. The highest BCUT2D eigenvalue weighted by Gasteiger charge is 2.42. The molecule has 0 fully saturated rings. The van der Waals surface area contributed by atoms with E-state index in [0.29, 0.717) is 47.7 Å². The van der Waals surface area contributed by atoms with Gasteiger partial charge in [-0.15, -0.1) is 0 Å². The van der Waals surface area contributed by atoms with E-state index < -0.39 is 11.3 Å². The Kier molecular flexibility index (Phi) is 8.65. The number of carbonyl (C=O) groups is 3. The average molecular weight is 612 g/mol. The van der Waals surface area contributed by atoms with E-state index in [1.54, 1.807) is 0 Å². The molecule has 10 nitrogen and oxygen atoms in total. The zero-order valence-corrected chi connectivity index (χ0v) is 25.4. The van der Waals surface area contributed by atoms with Crippen LogP contribution >= 0.6 is 11.8 Å². The lowest BCUT2D eigenvalue weighted by Crippen LogP contribution is -2.43. The number of amides is 3. The SMILES string of the molecule is CCC(SC1=Nc2ccccc2C2=NC(CCC(=O)NCc3ccc4c(c3)OCO4)C(=O)N12)C(=O)NCc1ccc(C)cc1. The molecule has 0 bridgehead atoms. The van der Waals surface area contributed by atoms with Crippen molar-refractivity contribution in [3.05, 3.63) is 89.0 Å². The van der Waals surface area contributed by atoms with E-state index in [0.717, 1.165) is 22.3 Å². The van der Waals surface area contributed by atoms with Crippen molar-refractivity contribution in [2.45, 2.75) is 57.5 Å². The molecule has 6 rings (SSSR count). The summed E-state index contributed by atoms with van der Waals surface area (Å²) in [5.41, 5.74) is 4.50. The van der Waals surface area contributed by atoms with Crippen LogP contribution in [0.15, 0.2) is 76.7 Å². The number of nitrogens with one attached hydrogen (secondary N) is 2. The normalized spacial score (nSPS) is 16.9. The Morgan fingerprint density at radius 1 is 1.00 bits per heavy atom. The van der Waals surface area contributed by atoms with Crippen LogP contribution in [0.1, 0.15) is 48.4 Å². The molecule has 11 heteroatoms. The largest absolute Gasteiger partial charge is 0.454 e. The number of carbonyl (C=O) groups excluding carboxylic acids is 3. The number of hydrogen-bond donors (Lipinski definition) is 2. The first-order chi connectivity index (χ1) is 21.4. The van der Waals surface area contributed by atoms with Crippen molar-refractivity contribution in [1.29, 1.82) is 0 Å². The molecule has 0 aliphatic carbocycles. The lowest BCUT2D eigenvalue weighted by atomic mass is 10.1. The molecule has 3 aliphatic heterocycles. The molecule has 0 spiro atoms. The van der Waals surface area contributed by atoms with Crippen LogP contribution in [0.25, 0.3) is 0 Å². The number of nitrogens with zero attached hydrogens (tertiary/aromatic N) is 3. The minimum absolute atomic E-state index is 0.125. The number of aryl methyl sites for hydroxylation is 1. The van der Waals surface area contributed by atoms with Gasteiger partial charge in [-0.3, -0.25) is 19.4 Å². The molecule has 0 saturated heterocycles. The molecule has 2 N–H and O–H groups in total. The van der Waals surface area contributed by atoms with Crippen LogP contribution in [0.2, 0.25) is 0 Å². The molecule has 0 radical (unpaired) electrons. The van der Waals surface area contributed by atoms with Crippen LogP contribution in [0, 0.1) is 6.92 Å². The van der Waals surface area contributed by atoms with E-state index in [-0.39, 0.29) is 37.4 Å². The highest BCUT2D eigenvalue weighted by atomic mass is 32.2. The fraction of sp³-hybridized carbons (Fsp3) is 0.303. The minimum Gasteiger partial charge on any atom is -0.454 e. The molecule has 44 heavy (non-hydrogen) atoms. The summed E-state index contributed by atoms with van der Waals surface area (Å²) in [6.45, 7) is 4.90. The number of benzene rings is 3. The number of thioether (sulfide) groups is 1. The summed E-state index contributed by atoms with van der Waals surface area (Å²) in [6, 6.07) is 20.3. The fourth-order valence-corrected chi connectivity index (χ4v) is 6.18. The highest BCUT2D eigenvalue weighted by Crippen LogP contribution is 2.36. The summed E-state index contributed by atoms with van der Waals surface area (Å²) in [4.78, 5) is 50.7.